The largest absolute Gasteiger partial charge is 0.495 e. The van der Waals surface area contributed by atoms with E-state index in [-0.39, 0.29) is 5.78 Å². The second kappa shape index (κ2) is 6.03. The van der Waals surface area contributed by atoms with Gasteiger partial charge in [0.15, 0.2) is 5.78 Å². The number of hydrogen-bond acceptors (Lipinski definition) is 3. The molecule has 0 aromatic heterocycles. The fraction of sp³-hybridized carbons (Fsp3) is 0.462. The van der Waals surface area contributed by atoms with E-state index in [1.54, 1.807) is 18.2 Å². The molecule has 0 bridgehead atoms. The van der Waals surface area contributed by atoms with Crippen LogP contribution in [0.1, 0.15) is 30.6 Å². The van der Waals surface area contributed by atoms with Gasteiger partial charge in [-0.3, -0.25) is 4.79 Å². The van der Waals surface area contributed by atoms with Crippen LogP contribution in [0.4, 0.5) is 0 Å². The summed E-state index contributed by atoms with van der Waals surface area (Å²) in [7, 11) is 1.52. The van der Waals surface area contributed by atoms with Gasteiger partial charge in [-0.05, 0) is 30.5 Å². The molecule has 0 fully saturated rings. The molecule has 1 aromatic rings. The minimum absolute atomic E-state index is 0.0753. The lowest BCUT2D eigenvalue weighted by molar-refractivity contribution is 0.0951. The van der Waals surface area contributed by atoms with Crippen molar-refractivity contribution in [2.24, 2.45) is 11.7 Å². The van der Waals surface area contributed by atoms with E-state index in [1.807, 2.05) is 13.8 Å². The Hall–Kier alpha value is -1.06. The van der Waals surface area contributed by atoms with Crippen molar-refractivity contribution in [2.75, 3.05) is 7.11 Å². The molecule has 0 heterocycles. The van der Waals surface area contributed by atoms with E-state index < -0.39 is 6.04 Å². The van der Waals surface area contributed by atoms with Crippen molar-refractivity contribution in [1.82, 2.24) is 0 Å². The first-order valence-corrected chi connectivity index (χ1v) is 5.96. The molecule has 0 saturated carbocycles. The van der Waals surface area contributed by atoms with E-state index in [4.69, 9.17) is 22.1 Å². The second-order valence-corrected chi connectivity index (χ2v) is 4.86. The summed E-state index contributed by atoms with van der Waals surface area (Å²) >= 11 is 5.90. The highest BCUT2D eigenvalue weighted by Gasteiger charge is 2.18. The molecule has 0 amide bonds. The molecule has 0 aliphatic heterocycles. The number of benzene rings is 1. The third-order valence-corrected chi connectivity index (χ3v) is 2.81. The second-order valence-electron chi connectivity index (χ2n) is 4.45. The monoisotopic (exact) mass is 255 g/mol. The molecular weight excluding hydrogens is 238 g/mol. The number of ketones is 1. The lowest BCUT2D eigenvalue weighted by Crippen LogP contribution is -2.31. The van der Waals surface area contributed by atoms with Crippen molar-refractivity contribution in [1.29, 1.82) is 0 Å². The zero-order valence-electron chi connectivity index (χ0n) is 10.4. The summed E-state index contributed by atoms with van der Waals surface area (Å²) in [5.41, 5.74) is 6.40. The Labute approximate surface area is 107 Å². The van der Waals surface area contributed by atoms with E-state index in [9.17, 15) is 4.79 Å². The van der Waals surface area contributed by atoms with Crippen LogP contribution < -0.4 is 10.5 Å². The number of rotatable bonds is 5. The van der Waals surface area contributed by atoms with Gasteiger partial charge in [0.05, 0.1) is 18.2 Å². The van der Waals surface area contributed by atoms with Crippen LogP contribution in [-0.2, 0) is 0 Å². The molecule has 1 unspecified atom stereocenters. The Kier molecular flexibility index (Phi) is 4.97. The molecule has 4 heteroatoms. The molecule has 0 aliphatic rings. The predicted molar refractivity (Wildman–Crippen MR) is 69.8 cm³/mol. The van der Waals surface area contributed by atoms with Crippen molar-refractivity contribution in [3.63, 3.8) is 0 Å². The predicted octanol–water partition coefficient (Wildman–Crippen LogP) is 2.90. The molecule has 1 aromatic carbocycles. The van der Waals surface area contributed by atoms with Crippen LogP contribution in [0.5, 0.6) is 5.75 Å². The zero-order chi connectivity index (χ0) is 13.0. The third kappa shape index (κ3) is 3.72. The van der Waals surface area contributed by atoms with Gasteiger partial charge in [-0.1, -0.05) is 25.4 Å². The zero-order valence-corrected chi connectivity index (χ0v) is 11.1. The third-order valence-electron chi connectivity index (χ3n) is 2.50. The van der Waals surface area contributed by atoms with Gasteiger partial charge < -0.3 is 10.5 Å². The van der Waals surface area contributed by atoms with E-state index >= 15 is 0 Å². The highest BCUT2D eigenvalue weighted by atomic mass is 35.5. The molecule has 0 spiro atoms. The Balaban J connectivity index is 2.89. The van der Waals surface area contributed by atoms with Gasteiger partial charge in [0.25, 0.3) is 0 Å². The van der Waals surface area contributed by atoms with Crippen molar-refractivity contribution < 1.29 is 9.53 Å². The van der Waals surface area contributed by atoms with Crippen molar-refractivity contribution in [2.45, 2.75) is 26.3 Å². The van der Waals surface area contributed by atoms with Crippen molar-refractivity contribution in [3.8, 4) is 5.75 Å². The van der Waals surface area contributed by atoms with Gasteiger partial charge >= 0.3 is 0 Å². The quantitative estimate of drug-likeness (QED) is 0.823. The number of Topliss-reactive ketones (excluding diaryl/α,β-unsaturated/α-hetero) is 1. The maximum absolute atomic E-state index is 12.0. The molecule has 0 aliphatic carbocycles. The van der Waals surface area contributed by atoms with Gasteiger partial charge in [-0.25, -0.2) is 0 Å². The first-order chi connectivity index (χ1) is 7.95. The van der Waals surface area contributed by atoms with Crippen molar-refractivity contribution >= 4 is 17.4 Å². The van der Waals surface area contributed by atoms with Gasteiger partial charge in [0.2, 0.25) is 0 Å². The Bertz CT molecular complexity index is 404. The Morgan fingerprint density at radius 1 is 1.47 bits per heavy atom. The fourth-order valence-electron chi connectivity index (χ4n) is 1.64. The van der Waals surface area contributed by atoms with Gasteiger partial charge in [0.1, 0.15) is 5.75 Å². The van der Waals surface area contributed by atoms with Gasteiger partial charge in [-0.15, -0.1) is 0 Å². The molecule has 1 atom stereocenters. The SMILES string of the molecule is COc1cc(C(=O)C(N)CC(C)C)ccc1Cl. The number of hydrogen-bond donors (Lipinski definition) is 1. The molecule has 0 radical (unpaired) electrons. The number of ether oxygens (including phenoxy) is 1. The minimum Gasteiger partial charge on any atom is -0.495 e. The average Bonchev–Trinajstić information content (AvgIpc) is 2.27. The number of methoxy groups -OCH3 is 1. The van der Waals surface area contributed by atoms with Crippen LogP contribution in [0.25, 0.3) is 0 Å². The van der Waals surface area contributed by atoms with E-state index in [0.29, 0.717) is 28.7 Å². The highest BCUT2D eigenvalue weighted by Crippen LogP contribution is 2.25. The summed E-state index contributed by atoms with van der Waals surface area (Å²) < 4.78 is 5.07. The van der Waals surface area contributed by atoms with E-state index in [2.05, 4.69) is 0 Å². The molecule has 1 rings (SSSR count). The van der Waals surface area contributed by atoms with Crippen LogP contribution in [0, 0.1) is 5.92 Å². The Morgan fingerprint density at radius 2 is 2.12 bits per heavy atom. The van der Waals surface area contributed by atoms with Crippen molar-refractivity contribution in [3.05, 3.63) is 28.8 Å². The molecular formula is C13H18ClNO2. The topological polar surface area (TPSA) is 52.3 Å². The summed E-state index contributed by atoms with van der Waals surface area (Å²) in [4.78, 5) is 12.0. The average molecular weight is 256 g/mol. The molecule has 17 heavy (non-hydrogen) atoms. The van der Waals surface area contributed by atoms with E-state index in [1.165, 1.54) is 7.11 Å². The maximum Gasteiger partial charge on any atom is 0.179 e. The number of carbonyl (C=O) groups excluding carboxylic acids is 1. The summed E-state index contributed by atoms with van der Waals surface area (Å²) in [6.07, 6.45) is 0.670. The minimum atomic E-state index is -0.471. The first kappa shape index (κ1) is 14.0. The summed E-state index contributed by atoms with van der Waals surface area (Å²) in [6.45, 7) is 4.07. The van der Waals surface area contributed by atoms with Crippen LogP contribution in [0.3, 0.4) is 0 Å². The number of halogens is 1. The molecule has 2 N–H and O–H groups in total. The lowest BCUT2D eigenvalue weighted by atomic mass is 9.97. The molecule has 3 nitrogen and oxygen atoms in total. The summed E-state index contributed by atoms with van der Waals surface area (Å²) in [5.74, 6) is 0.811. The van der Waals surface area contributed by atoms with Gasteiger partial charge in [-0.2, -0.15) is 0 Å². The number of nitrogens with two attached hydrogens (primary N) is 1. The standard InChI is InChI=1S/C13H18ClNO2/c1-8(2)6-11(15)13(16)9-4-5-10(14)12(7-9)17-3/h4-5,7-8,11H,6,15H2,1-3H3. The van der Waals surface area contributed by atoms with E-state index in [0.717, 1.165) is 0 Å². The van der Waals surface area contributed by atoms with Crippen LogP contribution in [0.15, 0.2) is 18.2 Å². The van der Waals surface area contributed by atoms with Gasteiger partial charge in [0, 0.05) is 5.56 Å². The summed E-state index contributed by atoms with van der Waals surface area (Å²) in [5, 5.41) is 0.487. The maximum atomic E-state index is 12.0. The Morgan fingerprint density at radius 3 is 2.65 bits per heavy atom. The lowest BCUT2D eigenvalue weighted by Gasteiger charge is -2.13. The summed E-state index contributed by atoms with van der Waals surface area (Å²) in [6, 6.07) is 4.48. The van der Waals surface area contributed by atoms with Crippen LogP contribution >= 0.6 is 11.6 Å². The van der Waals surface area contributed by atoms with Crippen LogP contribution in [-0.4, -0.2) is 18.9 Å². The normalized spacial score (nSPS) is 12.6. The first-order valence-electron chi connectivity index (χ1n) is 5.59. The smallest absolute Gasteiger partial charge is 0.179 e. The molecule has 94 valence electrons. The fourth-order valence-corrected chi connectivity index (χ4v) is 1.84. The van der Waals surface area contributed by atoms with Crippen LogP contribution in [0.2, 0.25) is 5.02 Å². The highest BCUT2D eigenvalue weighted by molar-refractivity contribution is 6.32. The number of carbonyl (C=O) groups is 1. The molecule has 0 saturated heterocycles.